The van der Waals surface area contributed by atoms with Crippen molar-refractivity contribution in [3.63, 3.8) is 0 Å². The van der Waals surface area contributed by atoms with Gasteiger partial charge in [0, 0.05) is 6.54 Å². The molecule has 0 bridgehead atoms. The maximum atomic E-state index is 12.5. The standard InChI is InChI=1S/C14H22N2O4S/c1-4-6-10-13-11(16(14(10)18)21(3,19)20)8-9-15(13)12(17)7-5-2/h5,7,10-11,13H,4,6,8-9H2,1-3H3/t10-,11+,13-/m1/s1. The minimum absolute atomic E-state index is 0.144. The Balaban J connectivity index is 2.38. The molecule has 2 aliphatic heterocycles. The minimum atomic E-state index is -3.59. The van der Waals surface area contributed by atoms with Gasteiger partial charge in [0.15, 0.2) is 0 Å². The van der Waals surface area contributed by atoms with Gasteiger partial charge in [-0.1, -0.05) is 19.4 Å². The number of sulfonamides is 1. The highest BCUT2D eigenvalue weighted by atomic mass is 32.2. The fourth-order valence-electron chi connectivity index (χ4n) is 3.52. The normalized spacial score (nSPS) is 29.5. The van der Waals surface area contributed by atoms with Crippen LogP contribution >= 0.6 is 0 Å². The molecule has 2 rings (SSSR count). The van der Waals surface area contributed by atoms with Gasteiger partial charge in [0.2, 0.25) is 21.8 Å². The largest absolute Gasteiger partial charge is 0.333 e. The summed E-state index contributed by atoms with van der Waals surface area (Å²) in [6, 6.07) is -0.728. The SMILES string of the molecule is CC=CC(=O)N1CC[C@H]2[C@H]1[C@@H](CCC)C(=O)N2S(C)(=O)=O. The first-order valence-corrected chi connectivity index (χ1v) is 9.14. The highest BCUT2D eigenvalue weighted by molar-refractivity contribution is 7.88. The van der Waals surface area contributed by atoms with Crippen LogP contribution in [0.3, 0.4) is 0 Å². The van der Waals surface area contributed by atoms with Gasteiger partial charge in [0.25, 0.3) is 0 Å². The molecule has 0 aromatic carbocycles. The van der Waals surface area contributed by atoms with E-state index in [9.17, 15) is 18.0 Å². The lowest BCUT2D eigenvalue weighted by Crippen LogP contribution is -2.42. The van der Waals surface area contributed by atoms with Gasteiger partial charge < -0.3 is 4.90 Å². The summed E-state index contributed by atoms with van der Waals surface area (Å²) < 4.78 is 24.9. The van der Waals surface area contributed by atoms with Gasteiger partial charge >= 0.3 is 0 Å². The Morgan fingerprint density at radius 1 is 1.43 bits per heavy atom. The first kappa shape index (κ1) is 16.0. The van der Waals surface area contributed by atoms with Gasteiger partial charge in [-0.2, -0.15) is 0 Å². The van der Waals surface area contributed by atoms with E-state index in [0.29, 0.717) is 19.4 Å². The third kappa shape index (κ3) is 2.71. The van der Waals surface area contributed by atoms with Crippen molar-refractivity contribution in [3.05, 3.63) is 12.2 Å². The molecule has 0 unspecified atom stereocenters. The molecule has 0 aromatic rings. The average Bonchev–Trinajstić information content (AvgIpc) is 2.88. The number of rotatable bonds is 4. The number of hydrogen-bond acceptors (Lipinski definition) is 4. The summed E-state index contributed by atoms with van der Waals surface area (Å²) in [5.74, 6) is -0.909. The molecule has 0 saturated carbocycles. The van der Waals surface area contributed by atoms with Crippen molar-refractivity contribution in [3.8, 4) is 0 Å². The minimum Gasteiger partial charge on any atom is -0.333 e. The first-order chi connectivity index (χ1) is 9.82. The summed E-state index contributed by atoms with van der Waals surface area (Å²) in [5.41, 5.74) is 0. The van der Waals surface area contributed by atoms with Gasteiger partial charge in [0.1, 0.15) is 0 Å². The Kier molecular flexibility index (Phi) is 4.41. The number of nitrogens with zero attached hydrogens (tertiary/aromatic N) is 2. The second kappa shape index (κ2) is 5.79. The molecule has 3 atom stereocenters. The molecule has 7 heteroatoms. The number of likely N-dealkylation sites (tertiary alicyclic amines) is 1. The zero-order valence-corrected chi connectivity index (χ0v) is 13.5. The van der Waals surface area contributed by atoms with E-state index < -0.39 is 22.0 Å². The van der Waals surface area contributed by atoms with Gasteiger partial charge in [0.05, 0.1) is 24.3 Å². The van der Waals surface area contributed by atoms with Crippen LogP contribution in [0.15, 0.2) is 12.2 Å². The predicted octanol–water partition coefficient (Wildman–Crippen LogP) is 0.750. The number of fused-ring (bicyclic) bond motifs is 1. The first-order valence-electron chi connectivity index (χ1n) is 7.29. The molecule has 0 spiro atoms. The van der Waals surface area contributed by atoms with Gasteiger partial charge in [-0.25, -0.2) is 12.7 Å². The van der Waals surface area contributed by atoms with Crippen molar-refractivity contribution in [2.24, 2.45) is 5.92 Å². The molecule has 6 nitrogen and oxygen atoms in total. The van der Waals surface area contributed by atoms with Crippen LogP contribution in [-0.4, -0.2) is 54.3 Å². The van der Waals surface area contributed by atoms with E-state index in [2.05, 4.69) is 0 Å². The molecule has 2 heterocycles. The Bertz CT molecular complexity index is 570. The monoisotopic (exact) mass is 314 g/mol. The Morgan fingerprint density at radius 2 is 2.10 bits per heavy atom. The fourth-order valence-corrected chi connectivity index (χ4v) is 4.71. The molecule has 0 aliphatic carbocycles. The van der Waals surface area contributed by atoms with E-state index >= 15 is 0 Å². The second-order valence-corrected chi connectivity index (χ2v) is 7.53. The quantitative estimate of drug-likeness (QED) is 0.718. The average molecular weight is 314 g/mol. The summed E-state index contributed by atoms with van der Waals surface area (Å²) >= 11 is 0. The van der Waals surface area contributed by atoms with Crippen LogP contribution in [-0.2, 0) is 19.6 Å². The lowest BCUT2D eigenvalue weighted by molar-refractivity contribution is -0.130. The van der Waals surface area contributed by atoms with E-state index in [-0.39, 0.29) is 17.9 Å². The van der Waals surface area contributed by atoms with Gasteiger partial charge in [-0.3, -0.25) is 9.59 Å². The third-order valence-electron chi connectivity index (χ3n) is 4.22. The smallest absolute Gasteiger partial charge is 0.246 e. The highest BCUT2D eigenvalue weighted by Crippen LogP contribution is 2.39. The lowest BCUT2D eigenvalue weighted by atomic mass is 9.94. The highest BCUT2D eigenvalue weighted by Gasteiger charge is 2.56. The number of allylic oxidation sites excluding steroid dienone is 1. The van der Waals surface area contributed by atoms with Gasteiger partial charge in [-0.05, 0) is 25.8 Å². The molecule has 2 aliphatic rings. The third-order valence-corrected chi connectivity index (χ3v) is 5.38. The number of carbonyl (C=O) groups excluding carboxylic acids is 2. The summed E-state index contributed by atoms with van der Waals surface area (Å²) in [4.78, 5) is 26.3. The van der Waals surface area contributed by atoms with Crippen molar-refractivity contribution in [2.75, 3.05) is 12.8 Å². The van der Waals surface area contributed by atoms with Crippen molar-refractivity contribution >= 4 is 21.8 Å². The molecule has 0 N–H and O–H groups in total. The van der Waals surface area contributed by atoms with E-state index in [1.54, 1.807) is 17.9 Å². The molecule has 21 heavy (non-hydrogen) atoms. The molecule has 0 aromatic heterocycles. The van der Waals surface area contributed by atoms with Crippen molar-refractivity contribution in [2.45, 2.75) is 45.2 Å². The predicted molar refractivity (Wildman–Crippen MR) is 78.8 cm³/mol. The number of amides is 2. The van der Waals surface area contributed by atoms with E-state index in [4.69, 9.17) is 0 Å². The van der Waals surface area contributed by atoms with Gasteiger partial charge in [-0.15, -0.1) is 0 Å². The Morgan fingerprint density at radius 3 is 2.62 bits per heavy atom. The maximum Gasteiger partial charge on any atom is 0.246 e. The molecule has 2 fully saturated rings. The van der Waals surface area contributed by atoms with Crippen LogP contribution in [0.25, 0.3) is 0 Å². The van der Waals surface area contributed by atoms with E-state index in [1.165, 1.54) is 6.08 Å². The van der Waals surface area contributed by atoms with Crippen LogP contribution < -0.4 is 0 Å². The second-order valence-electron chi connectivity index (χ2n) is 5.67. The van der Waals surface area contributed by atoms with Crippen LogP contribution in [0.4, 0.5) is 0 Å². The van der Waals surface area contributed by atoms with Crippen LogP contribution in [0, 0.1) is 5.92 Å². The van der Waals surface area contributed by atoms with E-state index in [1.807, 2.05) is 6.92 Å². The molecule has 2 saturated heterocycles. The van der Waals surface area contributed by atoms with Crippen molar-refractivity contribution < 1.29 is 18.0 Å². The molecular formula is C14H22N2O4S. The molecule has 0 radical (unpaired) electrons. The summed E-state index contributed by atoms with van der Waals surface area (Å²) in [6.07, 6.45) is 6.10. The summed E-state index contributed by atoms with van der Waals surface area (Å²) in [5, 5.41) is 0. The topological polar surface area (TPSA) is 74.8 Å². The molecular weight excluding hydrogens is 292 g/mol. The van der Waals surface area contributed by atoms with Crippen molar-refractivity contribution in [1.29, 1.82) is 0 Å². The van der Waals surface area contributed by atoms with Crippen LogP contribution in [0.1, 0.15) is 33.1 Å². The fraction of sp³-hybridized carbons (Fsp3) is 0.714. The summed E-state index contributed by atoms with van der Waals surface area (Å²) in [7, 11) is -3.59. The zero-order chi connectivity index (χ0) is 15.8. The van der Waals surface area contributed by atoms with E-state index in [0.717, 1.165) is 17.0 Å². The van der Waals surface area contributed by atoms with Crippen LogP contribution in [0.5, 0.6) is 0 Å². The Hall–Kier alpha value is -1.37. The molecule has 2 amide bonds. The Labute approximate surface area is 125 Å². The van der Waals surface area contributed by atoms with Crippen molar-refractivity contribution in [1.82, 2.24) is 9.21 Å². The van der Waals surface area contributed by atoms with Crippen LogP contribution in [0.2, 0.25) is 0 Å². The lowest BCUT2D eigenvalue weighted by Gasteiger charge is -2.26. The summed E-state index contributed by atoms with van der Waals surface area (Å²) in [6.45, 7) is 4.22. The maximum absolute atomic E-state index is 12.5. The molecule has 118 valence electrons. The number of carbonyl (C=O) groups is 2. The zero-order valence-electron chi connectivity index (χ0n) is 12.7. The number of hydrogen-bond donors (Lipinski definition) is 0.